The van der Waals surface area contributed by atoms with Crippen molar-refractivity contribution in [3.8, 4) is 0 Å². The van der Waals surface area contributed by atoms with Crippen LogP contribution in [0.5, 0.6) is 0 Å². The smallest absolute Gasteiger partial charge is 0.305 e. The van der Waals surface area contributed by atoms with Gasteiger partial charge in [-0.15, -0.1) is 0 Å². The fraction of sp³-hybridized carbons (Fsp3) is 0.925. The van der Waals surface area contributed by atoms with Crippen LogP contribution in [0.25, 0.3) is 0 Å². The van der Waals surface area contributed by atoms with Gasteiger partial charge in [0, 0.05) is 12.8 Å². The average Bonchev–Trinajstić information content (AvgIpc) is 3.55. The standard InChI is InChI=1S/C80H155NO5/c1-3-5-7-9-11-13-15-17-19-21-23-24-31-34-37-40-44-48-52-56-60-64-68-72-78(83)77(76-82)81-79(84)73-69-65-61-57-53-49-45-41-38-35-32-29-27-25-26-28-30-33-36-39-43-47-51-55-59-63-67-71-75-86-80(85)74-70-66-62-58-54-50-46-42-22-20-18-16-14-12-10-8-6-4-2/h25-26,68,72,77-78,82-83H,3-24,27-67,69-71,73-76H2,1-2H3,(H,81,84)/b26-25-,72-68+. The lowest BCUT2D eigenvalue weighted by atomic mass is 10.0. The van der Waals surface area contributed by atoms with Crippen LogP contribution in [-0.2, 0) is 14.3 Å². The van der Waals surface area contributed by atoms with Crippen LogP contribution in [0.1, 0.15) is 450 Å². The zero-order chi connectivity index (χ0) is 62.0. The molecule has 1 amide bonds. The number of nitrogens with one attached hydrogen (secondary N) is 1. The highest BCUT2D eigenvalue weighted by atomic mass is 16.5. The molecule has 2 unspecified atom stereocenters. The molecule has 0 aromatic carbocycles. The summed E-state index contributed by atoms with van der Waals surface area (Å²) in [4.78, 5) is 24.7. The van der Waals surface area contributed by atoms with Gasteiger partial charge in [-0.05, 0) is 57.8 Å². The Morgan fingerprint density at radius 3 is 0.826 bits per heavy atom. The summed E-state index contributed by atoms with van der Waals surface area (Å²) in [6, 6.07) is -0.629. The fourth-order valence-corrected chi connectivity index (χ4v) is 12.7. The zero-order valence-electron chi connectivity index (χ0n) is 58.6. The van der Waals surface area contributed by atoms with Crippen molar-refractivity contribution in [3.05, 3.63) is 24.3 Å². The zero-order valence-corrected chi connectivity index (χ0v) is 58.6. The summed E-state index contributed by atoms with van der Waals surface area (Å²) >= 11 is 0. The highest BCUT2D eigenvalue weighted by Gasteiger charge is 2.18. The molecular formula is C80H155NO5. The van der Waals surface area contributed by atoms with Gasteiger partial charge in [-0.3, -0.25) is 9.59 Å². The summed E-state index contributed by atoms with van der Waals surface area (Å²) in [5, 5.41) is 23.3. The van der Waals surface area contributed by atoms with Crippen molar-refractivity contribution in [2.45, 2.75) is 463 Å². The third-order valence-corrected chi connectivity index (χ3v) is 18.7. The Bertz CT molecular complexity index is 1350. The van der Waals surface area contributed by atoms with E-state index in [1.807, 2.05) is 6.08 Å². The molecule has 0 saturated carbocycles. The number of aliphatic hydroxyl groups is 2. The predicted octanol–water partition coefficient (Wildman–Crippen LogP) is 26.0. The largest absolute Gasteiger partial charge is 0.466 e. The van der Waals surface area contributed by atoms with Crippen LogP contribution < -0.4 is 5.32 Å². The molecule has 0 saturated heterocycles. The minimum Gasteiger partial charge on any atom is -0.466 e. The monoisotopic (exact) mass is 1210 g/mol. The Labute approximate surface area is 539 Å². The van der Waals surface area contributed by atoms with E-state index in [1.54, 1.807) is 6.08 Å². The minimum atomic E-state index is -0.846. The van der Waals surface area contributed by atoms with Crippen LogP contribution in [0.3, 0.4) is 0 Å². The lowest BCUT2D eigenvalue weighted by Crippen LogP contribution is -2.45. The Balaban J connectivity index is 3.38. The Morgan fingerprint density at radius 1 is 0.314 bits per heavy atom. The van der Waals surface area contributed by atoms with Crippen molar-refractivity contribution >= 4 is 11.9 Å². The second kappa shape index (κ2) is 75.8. The topological polar surface area (TPSA) is 95.9 Å². The average molecular weight is 1210 g/mol. The van der Waals surface area contributed by atoms with E-state index in [2.05, 4.69) is 31.3 Å². The number of allylic oxidation sites excluding steroid dienone is 3. The summed E-state index contributed by atoms with van der Waals surface area (Å²) < 4.78 is 5.52. The van der Waals surface area contributed by atoms with E-state index >= 15 is 0 Å². The minimum absolute atomic E-state index is 0.0210. The molecule has 0 aliphatic heterocycles. The molecule has 86 heavy (non-hydrogen) atoms. The van der Waals surface area contributed by atoms with Gasteiger partial charge in [0.2, 0.25) is 5.91 Å². The number of aliphatic hydroxyl groups excluding tert-OH is 2. The molecule has 510 valence electrons. The van der Waals surface area contributed by atoms with Gasteiger partial charge >= 0.3 is 5.97 Å². The van der Waals surface area contributed by atoms with Crippen LogP contribution in [-0.4, -0.2) is 47.4 Å². The molecule has 3 N–H and O–H groups in total. The number of ether oxygens (including phenoxy) is 1. The number of esters is 1. The highest BCUT2D eigenvalue weighted by molar-refractivity contribution is 5.76. The summed E-state index contributed by atoms with van der Waals surface area (Å²) in [7, 11) is 0. The van der Waals surface area contributed by atoms with Crippen LogP contribution in [0.4, 0.5) is 0 Å². The van der Waals surface area contributed by atoms with E-state index in [-0.39, 0.29) is 18.5 Å². The molecule has 0 heterocycles. The first-order valence-corrected chi connectivity index (χ1v) is 39.6. The van der Waals surface area contributed by atoms with Crippen molar-refractivity contribution in [3.63, 3.8) is 0 Å². The summed E-state index contributed by atoms with van der Waals surface area (Å²) in [6.45, 7) is 4.96. The molecule has 0 aliphatic rings. The summed E-state index contributed by atoms with van der Waals surface area (Å²) in [6.07, 6.45) is 97.2. The third kappa shape index (κ3) is 71.4. The van der Waals surface area contributed by atoms with E-state index < -0.39 is 12.1 Å². The van der Waals surface area contributed by atoms with Crippen LogP contribution in [0, 0.1) is 0 Å². The molecule has 0 rings (SSSR count). The first-order valence-electron chi connectivity index (χ1n) is 39.6. The van der Waals surface area contributed by atoms with Crippen LogP contribution in [0.15, 0.2) is 24.3 Å². The molecule has 6 heteroatoms. The van der Waals surface area contributed by atoms with Crippen molar-refractivity contribution in [2.75, 3.05) is 13.2 Å². The SMILES string of the molecule is CCCCCCCCCCCCCCCCCCCCCCC/C=C/C(O)C(CO)NC(=O)CCCCCCCCCCCCCC/C=C\CCCCCCCCCCCCCCOC(=O)CCCCCCCCCCCCCCCCCCCC. The number of rotatable bonds is 75. The molecule has 0 radical (unpaired) electrons. The normalized spacial score (nSPS) is 12.6. The molecule has 2 atom stereocenters. The molecule has 0 aliphatic carbocycles. The third-order valence-electron chi connectivity index (χ3n) is 18.7. The maximum atomic E-state index is 12.5. The molecule has 0 spiro atoms. The van der Waals surface area contributed by atoms with Gasteiger partial charge < -0.3 is 20.3 Å². The van der Waals surface area contributed by atoms with Gasteiger partial charge in [-0.1, -0.05) is 404 Å². The Kier molecular flexibility index (Phi) is 74.3. The lowest BCUT2D eigenvalue weighted by molar-refractivity contribution is -0.143. The van der Waals surface area contributed by atoms with E-state index in [0.717, 1.165) is 38.5 Å². The lowest BCUT2D eigenvalue weighted by Gasteiger charge is -2.20. The van der Waals surface area contributed by atoms with Crippen LogP contribution >= 0.6 is 0 Å². The van der Waals surface area contributed by atoms with Gasteiger partial charge in [0.15, 0.2) is 0 Å². The molecule has 0 fully saturated rings. The van der Waals surface area contributed by atoms with Crippen molar-refractivity contribution in [2.24, 2.45) is 0 Å². The Hall–Kier alpha value is -1.66. The number of hydrogen-bond acceptors (Lipinski definition) is 5. The second-order valence-electron chi connectivity index (χ2n) is 27.4. The number of hydrogen-bond donors (Lipinski definition) is 3. The van der Waals surface area contributed by atoms with Gasteiger partial charge in [0.1, 0.15) is 0 Å². The summed E-state index contributed by atoms with van der Waals surface area (Å²) in [5.74, 6) is -0.0418. The van der Waals surface area contributed by atoms with E-state index in [0.29, 0.717) is 19.4 Å². The van der Waals surface area contributed by atoms with E-state index in [1.165, 1.54) is 385 Å². The van der Waals surface area contributed by atoms with Gasteiger partial charge in [-0.2, -0.15) is 0 Å². The number of carbonyl (C=O) groups excluding carboxylic acids is 2. The maximum Gasteiger partial charge on any atom is 0.305 e. The maximum absolute atomic E-state index is 12.5. The number of unbranched alkanes of at least 4 members (excludes halogenated alkanes) is 62. The van der Waals surface area contributed by atoms with Gasteiger partial charge in [0.05, 0.1) is 25.4 Å². The molecule has 6 nitrogen and oxygen atoms in total. The first kappa shape index (κ1) is 84.3. The van der Waals surface area contributed by atoms with Crippen molar-refractivity contribution in [1.82, 2.24) is 5.32 Å². The van der Waals surface area contributed by atoms with Gasteiger partial charge in [-0.25, -0.2) is 0 Å². The second-order valence-corrected chi connectivity index (χ2v) is 27.4. The molecular weight excluding hydrogens is 1050 g/mol. The fourth-order valence-electron chi connectivity index (χ4n) is 12.7. The number of carbonyl (C=O) groups is 2. The highest BCUT2D eigenvalue weighted by Crippen LogP contribution is 2.20. The van der Waals surface area contributed by atoms with E-state index in [4.69, 9.17) is 4.74 Å². The first-order chi connectivity index (χ1) is 42.5. The van der Waals surface area contributed by atoms with Crippen LogP contribution in [0.2, 0.25) is 0 Å². The summed E-state index contributed by atoms with van der Waals surface area (Å²) in [5.41, 5.74) is 0. The van der Waals surface area contributed by atoms with Gasteiger partial charge in [0.25, 0.3) is 0 Å². The predicted molar refractivity (Wildman–Crippen MR) is 380 cm³/mol. The Morgan fingerprint density at radius 2 is 0.547 bits per heavy atom. The van der Waals surface area contributed by atoms with E-state index in [9.17, 15) is 19.8 Å². The van der Waals surface area contributed by atoms with Crippen molar-refractivity contribution < 1.29 is 24.5 Å². The molecule has 0 aromatic heterocycles. The number of amides is 1. The quantitative estimate of drug-likeness (QED) is 0.0320. The molecule has 0 bridgehead atoms. The van der Waals surface area contributed by atoms with Crippen molar-refractivity contribution in [1.29, 1.82) is 0 Å². The molecule has 0 aromatic rings.